The van der Waals surface area contributed by atoms with Gasteiger partial charge in [-0.1, -0.05) is 36.4 Å². The van der Waals surface area contributed by atoms with Crippen LogP contribution in [0.4, 0.5) is 14.7 Å². The number of rotatable bonds is 8. The Balaban J connectivity index is 2.02. The Morgan fingerprint density at radius 1 is 1.16 bits per heavy atom. The Morgan fingerprint density at radius 2 is 1.84 bits per heavy atom. The van der Waals surface area contributed by atoms with Gasteiger partial charge in [0, 0.05) is 23.2 Å². The summed E-state index contributed by atoms with van der Waals surface area (Å²) in [6.45, 7) is 6.92. The van der Waals surface area contributed by atoms with Gasteiger partial charge < -0.3 is 15.2 Å². The molecule has 0 saturated heterocycles. The number of esters is 1. The van der Waals surface area contributed by atoms with Crippen molar-refractivity contribution in [3.05, 3.63) is 89.8 Å². The van der Waals surface area contributed by atoms with Gasteiger partial charge in [-0.3, -0.25) is 4.57 Å². The molecule has 0 fully saturated rings. The van der Waals surface area contributed by atoms with Crippen molar-refractivity contribution in [1.29, 1.82) is 0 Å². The van der Waals surface area contributed by atoms with Crippen molar-refractivity contribution < 1.29 is 23.4 Å². The van der Waals surface area contributed by atoms with E-state index in [0.717, 1.165) is 12.1 Å². The molecule has 0 aliphatic carbocycles. The number of anilines is 1. The molecule has 0 amide bonds. The van der Waals surface area contributed by atoms with Crippen LogP contribution in [0.3, 0.4) is 0 Å². The molecule has 0 bridgehead atoms. The number of halogens is 2. The van der Waals surface area contributed by atoms with Gasteiger partial charge in [-0.2, -0.15) is 4.98 Å². The first-order chi connectivity index (χ1) is 17.6. The Labute approximate surface area is 213 Å². The summed E-state index contributed by atoms with van der Waals surface area (Å²) < 4.78 is 36.8. The Morgan fingerprint density at radius 3 is 2.46 bits per heavy atom. The summed E-state index contributed by atoms with van der Waals surface area (Å²) in [7, 11) is 0. The number of nitrogens with zero attached hydrogens (tertiary/aromatic N) is 3. The molecule has 37 heavy (non-hydrogen) atoms. The molecule has 4 rings (SSSR count). The van der Waals surface area contributed by atoms with Crippen molar-refractivity contribution in [3.8, 4) is 5.69 Å². The molecule has 0 aliphatic rings. The molecule has 0 saturated carbocycles. The highest BCUT2D eigenvalue weighted by molar-refractivity contribution is 5.98. The molecule has 9 heteroatoms. The molecule has 0 spiro atoms. The van der Waals surface area contributed by atoms with E-state index >= 15 is 8.78 Å². The average molecular weight is 507 g/mol. The standard InChI is InChI=1S/C28H28F2N4O3/c1-5-37-24(35)15-20(18-10-7-6-8-11-18)23-14-19-16-31-27(32-17(2)28(3,4)36)33-26(19)34(23)25-21(29)12-9-13-22(25)30/h6-17,36H,5H2,1-4H3,(H,31,32,33)/b20-15+/t17-/m0/s1. The third-order valence-electron chi connectivity index (χ3n) is 6.02. The van der Waals surface area contributed by atoms with Gasteiger partial charge in [-0.25, -0.2) is 18.6 Å². The smallest absolute Gasteiger partial charge is 0.331 e. The summed E-state index contributed by atoms with van der Waals surface area (Å²) in [5.74, 6) is -2.04. The number of fused-ring (bicyclic) bond motifs is 1. The number of para-hydroxylation sites is 1. The number of hydrogen-bond donors (Lipinski definition) is 2. The highest BCUT2D eigenvalue weighted by Crippen LogP contribution is 2.34. The fraction of sp³-hybridized carbons (Fsp3) is 0.250. The summed E-state index contributed by atoms with van der Waals surface area (Å²) in [5, 5.41) is 13.9. The molecule has 4 aromatic rings. The molecule has 0 unspecified atom stereocenters. The number of carbonyl (C=O) groups is 1. The van der Waals surface area contributed by atoms with Crippen LogP contribution in [0, 0.1) is 11.6 Å². The SMILES string of the molecule is CCOC(=O)/C=C(\c1ccccc1)c1cc2cnc(N[C@@H](C)C(C)(C)O)nc2n1-c1c(F)cccc1F. The van der Waals surface area contributed by atoms with Gasteiger partial charge in [0.15, 0.2) is 5.65 Å². The van der Waals surface area contributed by atoms with Gasteiger partial charge in [0.2, 0.25) is 5.95 Å². The van der Waals surface area contributed by atoms with E-state index in [-0.39, 0.29) is 23.9 Å². The fourth-order valence-electron chi connectivity index (χ4n) is 3.78. The van der Waals surface area contributed by atoms with E-state index in [1.54, 1.807) is 58.0 Å². The maximum Gasteiger partial charge on any atom is 0.331 e. The zero-order chi connectivity index (χ0) is 26.7. The number of hydrogen-bond acceptors (Lipinski definition) is 6. The van der Waals surface area contributed by atoms with Crippen LogP contribution in [0.2, 0.25) is 0 Å². The van der Waals surface area contributed by atoms with Crippen LogP contribution in [0.5, 0.6) is 0 Å². The average Bonchev–Trinajstić information content (AvgIpc) is 3.21. The van der Waals surface area contributed by atoms with Crippen LogP contribution >= 0.6 is 0 Å². The molecular weight excluding hydrogens is 478 g/mol. The first kappa shape index (κ1) is 26.0. The van der Waals surface area contributed by atoms with Gasteiger partial charge in [-0.15, -0.1) is 0 Å². The van der Waals surface area contributed by atoms with Crippen molar-refractivity contribution in [2.75, 3.05) is 11.9 Å². The molecule has 2 aromatic heterocycles. The topological polar surface area (TPSA) is 89.3 Å². The second-order valence-corrected chi connectivity index (χ2v) is 9.10. The lowest BCUT2D eigenvalue weighted by atomic mass is 10.0. The largest absolute Gasteiger partial charge is 0.463 e. The first-order valence-electron chi connectivity index (χ1n) is 11.9. The van der Waals surface area contributed by atoms with Gasteiger partial charge >= 0.3 is 5.97 Å². The van der Waals surface area contributed by atoms with Crippen LogP contribution in [0.25, 0.3) is 22.3 Å². The predicted molar refractivity (Wildman–Crippen MR) is 138 cm³/mol. The van der Waals surface area contributed by atoms with Crippen LogP contribution in [-0.2, 0) is 9.53 Å². The molecule has 0 aliphatic heterocycles. The highest BCUT2D eigenvalue weighted by atomic mass is 19.1. The van der Waals surface area contributed by atoms with E-state index in [9.17, 15) is 9.90 Å². The monoisotopic (exact) mass is 506 g/mol. The first-order valence-corrected chi connectivity index (χ1v) is 11.9. The zero-order valence-electron chi connectivity index (χ0n) is 21.0. The van der Waals surface area contributed by atoms with Crippen LogP contribution in [-0.4, -0.2) is 43.9 Å². The van der Waals surface area contributed by atoms with Gasteiger partial charge in [0.1, 0.15) is 17.3 Å². The van der Waals surface area contributed by atoms with Crippen molar-refractivity contribution in [3.63, 3.8) is 0 Å². The van der Waals surface area contributed by atoms with Crippen molar-refractivity contribution in [1.82, 2.24) is 14.5 Å². The fourth-order valence-corrected chi connectivity index (χ4v) is 3.78. The van der Waals surface area contributed by atoms with Crippen molar-refractivity contribution >= 4 is 28.5 Å². The Bertz CT molecular complexity index is 1440. The lowest BCUT2D eigenvalue weighted by Gasteiger charge is -2.26. The lowest BCUT2D eigenvalue weighted by molar-refractivity contribution is -0.137. The van der Waals surface area contributed by atoms with E-state index in [4.69, 9.17) is 4.74 Å². The highest BCUT2D eigenvalue weighted by Gasteiger charge is 2.25. The number of benzene rings is 2. The summed E-state index contributed by atoms with van der Waals surface area (Å²) in [5.41, 5.74) is 0.132. The third-order valence-corrected chi connectivity index (χ3v) is 6.02. The van der Waals surface area contributed by atoms with E-state index < -0.39 is 29.2 Å². The summed E-state index contributed by atoms with van der Waals surface area (Å²) in [6, 6.07) is 13.8. The molecule has 2 heterocycles. The van der Waals surface area contributed by atoms with E-state index in [1.807, 2.05) is 6.07 Å². The van der Waals surface area contributed by atoms with Crippen LogP contribution < -0.4 is 5.32 Å². The third kappa shape index (κ3) is 5.51. The minimum Gasteiger partial charge on any atom is -0.463 e. The second-order valence-electron chi connectivity index (χ2n) is 9.10. The minimum absolute atomic E-state index is 0.167. The molecule has 1 atom stereocenters. The number of aliphatic hydroxyl groups is 1. The van der Waals surface area contributed by atoms with Crippen LogP contribution in [0.1, 0.15) is 39.0 Å². The van der Waals surface area contributed by atoms with Crippen molar-refractivity contribution in [2.45, 2.75) is 39.3 Å². The maximum atomic E-state index is 15.2. The molecule has 7 nitrogen and oxygen atoms in total. The van der Waals surface area contributed by atoms with E-state index in [2.05, 4.69) is 15.3 Å². The molecule has 0 radical (unpaired) electrons. The maximum absolute atomic E-state index is 15.2. The Kier molecular flexibility index (Phi) is 7.35. The number of carbonyl (C=O) groups excluding carboxylic acids is 1. The van der Waals surface area contributed by atoms with Crippen molar-refractivity contribution in [2.24, 2.45) is 0 Å². The zero-order valence-corrected chi connectivity index (χ0v) is 21.0. The summed E-state index contributed by atoms with van der Waals surface area (Å²) >= 11 is 0. The van der Waals surface area contributed by atoms with E-state index in [0.29, 0.717) is 22.2 Å². The van der Waals surface area contributed by atoms with Gasteiger partial charge in [0.05, 0.1) is 23.9 Å². The second kappa shape index (κ2) is 10.5. The normalized spacial score (nSPS) is 13.0. The number of nitrogens with one attached hydrogen (secondary N) is 1. The number of aromatic nitrogens is 3. The summed E-state index contributed by atoms with van der Waals surface area (Å²) in [4.78, 5) is 21.4. The molecular formula is C28H28F2N4O3. The minimum atomic E-state index is -1.08. The predicted octanol–water partition coefficient (Wildman–Crippen LogP) is 5.26. The Hall–Kier alpha value is -4.11. The lowest BCUT2D eigenvalue weighted by Crippen LogP contribution is -2.39. The molecule has 2 N–H and O–H groups in total. The van der Waals surface area contributed by atoms with E-state index in [1.165, 1.54) is 22.9 Å². The quantitative estimate of drug-likeness (QED) is 0.250. The number of ether oxygens (including phenoxy) is 1. The van der Waals surface area contributed by atoms with Crippen LogP contribution in [0.15, 0.2) is 66.9 Å². The summed E-state index contributed by atoms with van der Waals surface area (Å²) in [6.07, 6.45) is 2.82. The van der Waals surface area contributed by atoms with Gasteiger partial charge in [-0.05, 0) is 51.5 Å². The van der Waals surface area contributed by atoms with Gasteiger partial charge in [0.25, 0.3) is 0 Å². The molecule has 192 valence electrons. The molecule has 2 aromatic carbocycles.